The van der Waals surface area contributed by atoms with Crippen LogP contribution in [0.5, 0.6) is 0 Å². The predicted molar refractivity (Wildman–Crippen MR) is 56.4 cm³/mol. The summed E-state index contributed by atoms with van der Waals surface area (Å²) in [5.74, 6) is -0.732. The van der Waals surface area contributed by atoms with Gasteiger partial charge in [0, 0.05) is 26.2 Å². The minimum Gasteiger partial charge on any atom is -0.481 e. The standard InChI is InChI=1S/C10H17N3O2/c1-12(7-3-4-10(14)15)8-9-5-6-11-13(9)2/h5-6H,3-4,7-8H2,1-2H3,(H,14,15). The lowest BCUT2D eigenvalue weighted by Crippen LogP contribution is -2.21. The van der Waals surface area contributed by atoms with Crippen molar-refractivity contribution in [2.75, 3.05) is 13.6 Å². The Balaban J connectivity index is 2.27. The lowest BCUT2D eigenvalue weighted by molar-refractivity contribution is -0.137. The summed E-state index contributed by atoms with van der Waals surface area (Å²) in [7, 11) is 3.88. The molecule has 0 aliphatic heterocycles. The molecular formula is C10H17N3O2. The molecule has 0 amide bonds. The summed E-state index contributed by atoms with van der Waals surface area (Å²) >= 11 is 0. The molecule has 1 rings (SSSR count). The molecule has 1 aromatic rings. The van der Waals surface area contributed by atoms with Crippen LogP contribution in [0.3, 0.4) is 0 Å². The number of hydrogen-bond acceptors (Lipinski definition) is 3. The van der Waals surface area contributed by atoms with Crippen LogP contribution < -0.4 is 0 Å². The molecule has 1 aromatic heterocycles. The highest BCUT2D eigenvalue weighted by atomic mass is 16.4. The third kappa shape index (κ3) is 4.12. The van der Waals surface area contributed by atoms with Gasteiger partial charge in [0.05, 0.1) is 5.69 Å². The topological polar surface area (TPSA) is 58.4 Å². The van der Waals surface area contributed by atoms with Gasteiger partial charge in [0.25, 0.3) is 0 Å². The minimum absolute atomic E-state index is 0.232. The molecule has 5 nitrogen and oxygen atoms in total. The van der Waals surface area contributed by atoms with Crippen LogP contribution in [0.25, 0.3) is 0 Å². The third-order valence-electron chi connectivity index (χ3n) is 2.28. The van der Waals surface area contributed by atoms with E-state index in [9.17, 15) is 4.79 Å². The Kier molecular flexibility index (Phi) is 4.30. The van der Waals surface area contributed by atoms with Crippen molar-refractivity contribution in [1.82, 2.24) is 14.7 Å². The van der Waals surface area contributed by atoms with Crippen molar-refractivity contribution in [2.45, 2.75) is 19.4 Å². The van der Waals surface area contributed by atoms with Crippen LogP contribution in [-0.2, 0) is 18.4 Å². The Morgan fingerprint density at radius 1 is 1.67 bits per heavy atom. The van der Waals surface area contributed by atoms with Gasteiger partial charge in [-0.15, -0.1) is 0 Å². The van der Waals surface area contributed by atoms with Gasteiger partial charge in [-0.1, -0.05) is 0 Å². The van der Waals surface area contributed by atoms with Gasteiger partial charge in [0.15, 0.2) is 0 Å². The number of carbonyl (C=O) groups is 1. The van der Waals surface area contributed by atoms with E-state index in [2.05, 4.69) is 10.00 Å². The Morgan fingerprint density at radius 2 is 2.40 bits per heavy atom. The number of hydrogen-bond donors (Lipinski definition) is 1. The fraction of sp³-hybridized carbons (Fsp3) is 0.600. The van der Waals surface area contributed by atoms with Crippen LogP contribution in [-0.4, -0.2) is 39.3 Å². The summed E-state index contributed by atoms with van der Waals surface area (Å²) in [5, 5.41) is 12.6. The molecule has 1 N–H and O–H groups in total. The highest BCUT2D eigenvalue weighted by molar-refractivity contribution is 5.66. The van der Waals surface area contributed by atoms with Crippen LogP contribution in [0.1, 0.15) is 18.5 Å². The van der Waals surface area contributed by atoms with E-state index in [0.29, 0.717) is 6.42 Å². The molecular weight excluding hydrogens is 194 g/mol. The Bertz CT molecular complexity index is 322. The summed E-state index contributed by atoms with van der Waals surface area (Å²) in [6.45, 7) is 1.59. The second kappa shape index (κ2) is 5.50. The van der Waals surface area contributed by atoms with Crippen molar-refractivity contribution in [3.05, 3.63) is 18.0 Å². The number of carboxylic acid groups (broad SMARTS) is 1. The van der Waals surface area contributed by atoms with E-state index in [0.717, 1.165) is 18.8 Å². The van der Waals surface area contributed by atoms with Crippen molar-refractivity contribution in [3.8, 4) is 0 Å². The first kappa shape index (κ1) is 11.7. The predicted octanol–water partition coefficient (Wildman–Crippen LogP) is 0.717. The molecule has 0 radical (unpaired) electrons. The summed E-state index contributed by atoms with van der Waals surface area (Å²) < 4.78 is 1.83. The molecule has 0 aliphatic carbocycles. The molecule has 0 fully saturated rings. The average Bonchev–Trinajstić information content (AvgIpc) is 2.51. The molecule has 0 saturated carbocycles. The molecule has 0 bridgehead atoms. The second-order valence-electron chi connectivity index (χ2n) is 3.68. The first-order valence-electron chi connectivity index (χ1n) is 4.97. The van der Waals surface area contributed by atoms with Crippen LogP contribution in [0.2, 0.25) is 0 Å². The van der Waals surface area contributed by atoms with Crippen LogP contribution in [0.4, 0.5) is 0 Å². The Labute approximate surface area is 89.3 Å². The maximum absolute atomic E-state index is 10.3. The van der Waals surface area contributed by atoms with E-state index in [1.165, 1.54) is 0 Å². The first-order valence-corrected chi connectivity index (χ1v) is 4.97. The monoisotopic (exact) mass is 211 g/mol. The first-order chi connectivity index (χ1) is 7.09. The lowest BCUT2D eigenvalue weighted by Gasteiger charge is -2.15. The zero-order chi connectivity index (χ0) is 11.3. The van der Waals surface area contributed by atoms with Crippen LogP contribution >= 0.6 is 0 Å². The summed E-state index contributed by atoms with van der Waals surface area (Å²) in [6, 6.07) is 1.97. The number of aryl methyl sites for hydroxylation is 1. The largest absolute Gasteiger partial charge is 0.481 e. The molecule has 15 heavy (non-hydrogen) atoms. The van der Waals surface area contributed by atoms with Crippen LogP contribution in [0, 0.1) is 0 Å². The van der Waals surface area contributed by atoms with E-state index in [1.807, 2.05) is 24.8 Å². The van der Waals surface area contributed by atoms with Crippen molar-refractivity contribution in [2.24, 2.45) is 7.05 Å². The third-order valence-corrected chi connectivity index (χ3v) is 2.28. The molecule has 0 aromatic carbocycles. The zero-order valence-corrected chi connectivity index (χ0v) is 9.18. The van der Waals surface area contributed by atoms with Crippen molar-refractivity contribution >= 4 is 5.97 Å². The van der Waals surface area contributed by atoms with E-state index in [-0.39, 0.29) is 6.42 Å². The quantitative estimate of drug-likeness (QED) is 0.753. The Morgan fingerprint density at radius 3 is 2.93 bits per heavy atom. The fourth-order valence-electron chi connectivity index (χ4n) is 1.41. The van der Waals surface area contributed by atoms with Gasteiger partial charge in [-0.25, -0.2) is 0 Å². The number of aliphatic carboxylic acids is 1. The average molecular weight is 211 g/mol. The van der Waals surface area contributed by atoms with Crippen molar-refractivity contribution in [1.29, 1.82) is 0 Å². The molecule has 0 aliphatic rings. The summed E-state index contributed by atoms with van der Waals surface area (Å²) in [4.78, 5) is 12.4. The maximum atomic E-state index is 10.3. The fourth-order valence-corrected chi connectivity index (χ4v) is 1.41. The number of nitrogens with zero attached hydrogens (tertiary/aromatic N) is 3. The number of carboxylic acids is 1. The number of rotatable bonds is 6. The molecule has 1 heterocycles. The smallest absolute Gasteiger partial charge is 0.303 e. The highest BCUT2D eigenvalue weighted by Gasteiger charge is 2.04. The minimum atomic E-state index is -0.732. The second-order valence-corrected chi connectivity index (χ2v) is 3.68. The molecule has 0 spiro atoms. The summed E-state index contributed by atoms with van der Waals surface area (Å²) in [5.41, 5.74) is 1.13. The molecule has 0 saturated heterocycles. The van der Waals surface area contributed by atoms with Gasteiger partial charge in [-0.3, -0.25) is 9.48 Å². The van der Waals surface area contributed by atoms with Gasteiger partial charge >= 0.3 is 5.97 Å². The highest BCUT2D eigenvalue weighted by Crippen LogP contribution is 2.02. The SMILES string of the molecule is CN(CCCC(=O)O)Cc1ccnn1C. The molecule has 5 heteroatoms. The van der Waals surface area contributed by atoms with Crippen molar-refractivity contribution in [3.63, 3.8) is 0 Å². The van der Waals surface area contributed by atoms with Crippen LogP contribution in [0.15, 0.2) is 12.3 Å². The summed E-state index contributed by atoms with van der Waals surface area (Å²) in [6.07, 6.45) is 2.68. The molecule has 0 unspecified atom stereocenters. The lowest BCUT2D eigenvalue weighted by atomic mass is 10.3. The van der Waals surface area contributed by atoms with Gasteiger partial charge < -0.3 is 10.0 Å². The normalized spacial score (nSPS) is 10.9. The van der Waals surface area contributed by atoms with E-state index in [4.69, 9.17) is 5.11 Å². The Hall–Kier alpha value is -1.36. The molecule has 84 valence electrons. The van der Waals surface area contributed by atoms with E-state index < -0.39 is 5.97 Å². The zero-order valence-electron chi connectivity index (χ0n) is 9.18. The van der Waals surface area contributed by atoms with Gasteiger partial charge in [0.1, 0.15) is 0 Å². The maximum Gasteiger partial charge on any atom is 0.303 e. The van der Waals surface area contributed by atoms with E-state index in [1.54, 1.807) is 6.20 Å². The van der Waals surface area contributed by atoms with Gasteiger partial charge in [-0.05, 0) is 26.1 Å². The molecule has 0 atom stereocenters. The van der Waals surface area contributed by atoms with Gasteiger partial charge in [0.2, 0.25) is 0 Å². The van der Waals surface area contributed by atoms with E-state index >= 15 is 0 Å². The van der Waals surface area contributed by atoms with Crippen molar-refractivity contribution < 1.29 is 9.90 Å². The number of aromatic nitrogens is 2. The van der Waals surface area contributed by atoms with Gasteiger partial charge in [-0.2, -0.15) is 5.10 Å².